The zero-order valence-electron chi connectivity index (χ0n) is 27.4. The van der Waals surface area contributed by atoms with Gasteiger partial charge < -0.3 is 8.98 Å². The molecule has 4 heterocycles. The van der Waals surface area contributed by atoms with E-state index in [1.807, 2.05) is 24.3 Å². The highest BCUT2D eigenvalue weighted by Gasteiger charge is 2.23. The van der Waals surface area contributed by atoms with E-state index >= 15 is 0 Å². The highest BCUT2D eigenvalue weighted by molar-refractivity contribution is 6.23. The van der Waals surface area contributed by atoms with Gasteiger partial charge in [0.15, 0.2) is 0 Å². The van der Waals surface area contributed by atoms with Crippen molar-refractivity contribution in [1.29, 1.82) is 0 Å². The first kappa shape index (κ1) is 27.9. The second kappa shape index (κ2) is 10.8. The van der Waals surface area contributed by atoms with Gasteiger partial charge in [0, 0.05) is 49.1 Å². The summed E-state index contributed by atoms with van der Waals surface area (Å²) in [5, 5.41) is 6.88. The highest BCUT2D eigenvalue weighted by Crippen LogP contribution is 2.42. The molecule has 0 fully saturated rings. The number of hydrogen-bond donors (Lipinski definition) is 0. The van der Waals surface area contributed by atoms with Gasteiger partial charge in [-0.15, -0.1) is 0 Å². The van der Waals surface area contributed by atoms with Crippen LogP contribution in [-0.2, 0) is 0 Å². The molecule has 0 unspecified atom stereocenters. The lowest BCUT2D eigenvalue weighted by atomic mass is 10.1. The van der Waals surface area contributed by atoms with Crippen LogP contribution in [0.25, 0.3) is 99.7 Å². The molecule has 0 amide bonds. The fourth-order valence-electron chi connectivity index (χ4n) is 7.88. The Hall–Kier alpha value is -6.98. The monoisotopic (exact) mass is 652 g/mol. The lowest BCUT2D eigenvalue weighted by molar-refractivity contribution is 0.669. The van der Waals surface area contributed by atoms with Gasteiger partial charge in [0.25, 0.3) is 0 Å². The topological polar surface area (TPSA) is 48.8 Å². The number of furan rings is 1. The van der Waals surface area contributed by atoms with E-state index in [0.717, 1.165) is 83.0 Å². The first-order valence-corrected chi connectivity index (χ1v) is 17.2. The summed E-state index contributed by atoms with van der Waals surface area (Å²) in [7, 11) is 0. The van der Waals surface area contributed by atoms with Crippen LogP contribution in [0.15, 0.2) is 174 Å². The van der Waals surface area contributed by atoms with Crippen LogP contribution >= 0.6 is 0 Å². The van der Waals surface area contributed by atoms with E-state index in [2.05, 4.69) is 155 Å². The fourth-order valence-corrected chi connectivity index (χ4v) is 7.88. The van der Waals surface area contributed by atoms with Gasteiger partial charge >= 0.3 is 0 Å². The van der Waals surface area contributed by atoms with Crippen molar-refractivity contribution in [3.63, 3.8) is 0 Å². The summed E-state index contributed by atoms with van der Waals surface area (Å²) in [6.07, 6.45) is 0. The maximum absolute atomic E-state index is 6.33. The predicted molar refractivity (Wildman–Crippen MR) is 209 cm³/mol. The van der Waals surface area contributed by atoms with Crippen LogP contribution in [0.4, 0.5) is 0 Å². The molecule has 0 N–H and O–H groups in total. The largest absolute Gasteiger partial charge is 0.456 e. The van der Waals surface area contributed by atoms with E-state index < -0.39 is 0 Å². The standard InChI is InChI=1S/C46H28N4O/c1-3-13-29(14-4-1)38-28-39(30-23-24-35-34-19-9-12-22-42(34)51-43(35)27-30)48-46(47-38)50-41-21-11-8-18-33(41)37-26-25-36-32-17-7-10-20-40(32)49(44(36)45(37)50)31-15-5-2-6-16-31/h1-28H. The number of nitrogens with zero attached hydrogens (tertiary/aromatic N) is 4. The van der Waals surface area contributed by atoms with Crippen molar-refractivity contribution in [3.8, 4) is 34.2 Å². The molecule has 11 rings (SSSR count). The van der Waals surface area contributed by atoms with Crippen LogP contribution in [0.1, 0.15) is 0 Å². The molecule has 0 aliphatic carbocycles. The van der Waals surface area contributed by atoms with Gasteiger partial charge in [-0.2, -0.15) is 0 Å². The molecular weight excluding hydrogens is 625 g/mol. The number of para-hydroxylation sites is 4. The van der Waals surface area contributed by atoms with E-state index in [1.54, 1.807) is 0 Å². The van der Waals surface area contributed by atoms with Gasteiger partial charge in [0.2, 0.25) is 5.95 Å². The molecule has 5 nitrogen and oxygen atoms in total. The Morgan fingerprint density at radius 2 is 0.902 bits per heavy atom. The highest BCUT2D eigenvalue weighted by atomic mass is 16.3. The average molecular weight is 653 g/mol. The molecule has 238 valence electrons. The molecule has 0 spiro atoms. The van der Waals surface area contributed by atoms with Gasteiger partial charge in [-0.05, 0) is 48.5 Å². The Balaban J connectivity index is 1.27. The summed E-state index contributed by atoms with van der Waals surface area (Å²) in [5.74, 6) is 0.611. The second-order valence-electron chi connectivity index (χ2n) is 13.0. The Morgan fingerprint density at radius 1 is 0.373 bits per heavy atom. The SMILES string of the molecule is c1ccc(-c2cc(-c3ccc4c(c3)oc3ccccc34)nc(-n3c4ccccc4c4ccc5c6ccccc6n(-c6ccccc6)c5c43)n2)cc1. The molecule has 0 aliphatic heterocycles. The molecule has 0 saturated heterocycles. The minimum absolute atomic E-state index is 0.611. The summed E-state index contributed by atoms with van der Waals surface area (Å²) >= 11 is 0. The zero-order valence-corrected chi connectivity index (χ0v) is 27.4. The van der Waals surface area contributed by atoms with Crippen LogP contribution in [0, 0.1) is 0 Å². The third-order valence-electron chi connectivity index (χ3n) is 10.1. The summed E-state index contributed by atoms with van der Waals surface area (Å²) in [4.78, 5) is 10.7. The number of fused-ring (bicyclic) bond motifs is 10. The number of rotatable bonds is 4. The molecule has 0 radical (unpaired) electrons. The van der Waals surface area contributed by atoms with Gasteiger partial charge in [0.05, 0.1) is 33.5 Å². The fraction of sp³-hybridized carbons (Fsp3) is 0. The maximum atomic E-state index is 6.33. The first-order valence-electron chi connectivity index (χ1n) is 17.2. The summed E-state index contributed by atoms with van der Waals surface area (Å²) in [6.45, 7) is 0. The zero-order chi connectivity index (χ0) is 33.5. The Kier molecular flexibility index (Phi) is 5.89. The molecular formula is C46H28N4O. The molecule has 0 bridgehead atoms. The van der Waals surface area contributed by atoms with Crippen molar-refractivity contribution in [2.45, 2.75) is 0 Å². The van der Waals surface area contributed by atoms with Crippen LogP contribution < -0.4 is 0 Å². The Labute approximate surface area is 292 Å². The molecule has 5 heteroatoms. The van der Waals surface area contributed by atoms with Gasteiger partial charge in [0.1, 0.15) is 11.2 Å². The summed E-state index contributed by atoms with van der Waals surface area (Å²) in [5.41, 5.74) is 10.9. The van der Waals surface area contributed by atoms with Gasteiger partial charge in [-0.3, -0.25) is 4.57 Å². The van der Waals surface area contributed by atoms with Crippen LogP contribution in [0.2, 0.25) is 0 Å². The number of aromatic nitrogens is 4. The lowest BCUT2D eigenvalue weighted by Crippen LogP contribution is -2.05. The van der Waals surface area contributed by atoms with Crippen molar-refractivity contribution in [3.05, 3.63) is 170 Å². The lowest BCUT2D eigenvalue weighted by Gasteiger charge is -2.14. The summed E-state index contributed by atoms with van der Waals surface area (Å²) < 4.78 is 11.0. The van der Waals surface area contributed by atoms with Crippen molar-refractivity contribution < 1.29 is 4.42 Å². The Bertz CT molecular complexity index is 3130. The first-order chi connectivity index (χ1) is 25.3. The van der Waals surface area contributed by atoms with E-state index in [1.165, 1.54) is 10.8 Å². The average Bonchev–Trinajstić information content (AvgIpc) is 3.86. The van der Waals surface area contributed by atoms with E-state index in [-0.39, 0.29) is 0 Å². The molecule has 0 aliphatic rings. The van der Waals surface area contributed by atoms with Crippen LogP contribution in [-0.4, -0.2) is 19.1 Å². The Morgan fingerprint density at radius 3 is 1.63 bits per heavy atom. The molecule has 4 aromatic heterocycles. The van der Waals surface area contributed by atoms with Crippen LogP contribution in [0.5, 0.6) is 0 Å². The van der Waals surface area contributed by atoms with Crippen molar-refractivity contribution in [2.75, 3.05) is 0 Å². The molecule has 51 heavy (non-hydrogen) atoms. The van der Waals surface area contributed by atoms with Crippen molar-refractivity contribution in [2.24, 2.45) is 0 Å². The van der Waals surface area contributed by atoms with Crippen molar-refractivity contribution >= 4 is 65.6 Å². The molecule has 0 saturated carbocycles. The third-order valence-corrected chi connectivity index (χ3v) is 10.1. The van der Waals surface area contributed by atoms with Crippen molar-refractivity contribution in [1.82, 2.24) is 19.1 Å². The minimum Gasteiger partial charge on any atom is -0.456 e. The van der Waals surface area contributed by atoms with Gasteiger partial charge in [-0.25, -0.2) is 9.97 Å². The molecule has 11 aromatic rings. The molecule has 0 atom stereocenters. The molecule has 7 aromatic carbocycles. The smallest absolute Gasteiger partial charge is 0.235 e. The number of benzene rings is 7. The maximum Gasteiger partial charge on any atom is 0.235 e. The second-order valence-corrected chi connectivity index (χ2v) is 13.0. The quantitative estimate of drug-likeness (QED) is 0.190. The number of hydrogen-bond acceptors (Lipinski definition) is 3. The minimum atomic E-state index is 0.611. The predicted octanol–water partition coefficient (Wildman–Crippen LogP) is 11.9. The normalized spacial score (nSPS) is 11.9. The third kappa shape index (κ3) is 4.15. The van der Waals surface area contributed by atoms with E-state index in [0.29, 0.717) is 5.95 Å². The van der Waals surface area contributed by atoms with E-state index in [9.17, 15) is 0 Å². The van der Waals surface area contributed by atoms with Crippen LogP contribution in [0.3, 0.4) is 0 Å². The van der Waals surface area contributed by atoms with Gasteiger partial charge in [-0.1, -0.05) is 121 Å². The summed E-state index contributed by atoms with van der Waals surface area (Å²) in [6, 6.07) is 59.4. The van der Waals surface area contributed by atoms with E-state index in [4.69, 9.17) is 14.4 Å².